The summed E-state index contributed by atoms with van der Waals surface area (Å²) in [5, 5.41) is 12.0. The van der Waals surface area contributed by atoms with Crippen LogP contribution in [0.5, 0.6) is 0 Å². The van der Waals surface area contributed by atoms with Crippen LogP contribution in [0.1, 0.15) is 18.5 Å². The molecule has 4 heterocycles. The minimum absolute atomic E-state index is 0.120. The maximum Gasteiger partial charge on any atom is 0.236 e. The second-order valence-electron chi connectivity index (χ2n) is 6.53. The third kappa shape index (κ3) is 4.42. The topological polar surface area (TPSA) is 95.1 Å². The molecule has 3 aromatic heterocycles. The molecule has 1 fully saturated rings. The smallest absolute Gasteiger partial charge is 0.236 e. The van der Waals surface area contributed by atoms with Gasteiger partial charge in [-0.1, -0.05) is 17.8 Å². The van der Waals surface area contributed by atoms with Crippen LogP contribution < -0.4 is 5.32 Å². The Bertz CT molecular complexity index is 935. The van der Waals surface area contributed by atoms with Gasteiger partial charge < -0.3 is 14.5 Å². The maximum absolute atomic E-state index is 12.3. The first kappa shape index (κ1) is 18.7. The standard InChI is InChI=1S/C19H21N5O3S/c1-13-5-2-8-16(20-13)21-17(25)12-28-19-23-22-18(15-7-4-10-27-15)24(19)11-14-6-3-9-26-14/h2,4-5,7-8,10,14H,3,6,9,11-12H2,1H3,(H,20,21,25)/t14-/m1/s1. The van der Waals surface area contributed by atoms with Gasteiger partial charge in [0, 0.05) is 12.3 Å². The quantitative estimate of drug-likeness (QED) is 0.610. The van der Waals surface area contributed by atoms with Crippen LogP contribution in [0.2, 0.25) is 0 Å². The number of aromatic nitrogens is 4. The van der Waals surface area contributed by atoms with Crippen LogP contribution in [0.3, 0.4) is 0 Å². The lowest BCUT2D eigenvalue weighted by molar-refractivity contribution is -0.113. The highest BCUT2D eigenvalue weighted by atomic mass is 32.2. The highest BCUT2D eigenvalue weighted by Crippen LogP contribution is 2.26. The summed E-state index contributed by atoms with van der Waals surface area (Å²) in [6.07, 6.45) is 3.78. The number of pyridine rings is 1. The summed E-state index contributed by atoms with van der Waals surface area (Å²) in [5.74, 6) is 1.89. The Hall–Kier alpha value is -2.65. The number of aryl methyl sites for hydroxylation is 1. The molecule has 28 heavy (non-hydrogen) atoms. The van der Waals surface area contributed by atoms with Crippen LogP contribution in [-0.2, 0) is 16.1 Å². The lowest BCUT2D eigenvalue weighted by Gasteiger charge is -2.13. The van der Waals surface area contributed by atoms with Crippen LogP contribution in [0.4, 0.5) is 5.82 Å². The van der Waals surface area contributed by atoms with Gasteiger partial charge in [0.2, 0.25) is 11.7 Å². The van der Waals surface area contributed by atoms with Crippen molar-refractivity contribution in [1.29, 1.82) is 0 Å². The molecule has 0 unspecified atom stereocenters. The molecule has 4 rings (SSSR count). The van der Waals surface area contributed by atoms with Crippen molar-refractivity contribution in [3.8, 4) is 11.6 Å². The Morgan fingerprint density at radius 1 is 1.32 bits per heavy atom. The SMILES string of the molecule is Cc1cccc(NC(=O)CSc2nnc(-c3ccco3)n2C[C@H]2CCCO2)n1. The number of hydrogen-bond acceptors (Lipinski definition) is 7. The van der Waals surface area contributed by atoms with Crippen LogP contribution in [0, 0.1) is 6.92 Å². The lowest BCUT2D eigenvalue weighted by Crippen LogP contribution is -2.18. The van der Waals surface area contributed by atoms with E-state index in [2.05, 4.69) is 20.5 Å². The van der Waals surface area contributed by atoms with Gasteiger partial charge in [0.15, 0.2) is 10.9 Å². The molecular formula is C19H21N5O3S. The van der Waals surface area contributed by atoms with Gasteiger partial charge in [-0.2, -0.15) is 0 Å². The minimum Gasteiger partial charge on any atom is -0.461 e. The van der Waals surface area contributed by atoms with Crippen molar-refractivity contribution in [2.45, 2.75) is 37.6 Å². The van der Waals surface area contributed by atoms with Crippen molar-refractivity contribution in [2.75, 3.05) is 17.7 Å². The summed E-state index contributed by atoms with van der Waals surface area (Å²) < 4.78 is 13.2. The van der Waals surface area contributed by atoms with Gasteiger partial charge in [0.05, 0.1) is 24.7 Å². The number of amides is 1. The highest BCUT2D eigenvalue weighted by Gasteiger charge is 2.23. The van der Waals surface area contributed by atoms with Gasteiger partial charge in [-0.05, 0) is 44.0 Å². The van der Waals surface area contributed by atoms with Crippen molar-refractivity contribution in [3.63, 3.8) is 0 Å². The van der Waals surface area contributed by atoms with E-state index in [-0.39, 0.29) is 17.8 Å². The molecule has 1 atom stereocenters. The second-order valence-corrected chi connectivity index (χ2v) is 7.47. The normalized spacial score (nSPS) is 16.4. The van der Waals surface area contributed by atoms with E-state index in [9.17, 15) is 4.79 Å². The Balaban J connectivity index is 1.46. The van der Waals surface area contributed by atoms with Crippen LogP contribution in [-0.4, -0.2) is 44.1 Å². The fourth-order valence-electron chi connectivity index (χ4n) is 3.06. The molecule has 8 nitrogen and oxygen atoms in total. The predicted octanol–water partition coefficient (Wildman–Crippen LogP) is 3.15. The molecule has 146 valence electrons. The number of nitrogens with one attached hydrogen (secondary N) is 1. The molecule has 1 aliphatic heterocycles. The Morgan fingerprint density at radius 3 is 3.00 bits per heavy atom. The Morgan fingerprint density at radius 2 is 2.25 bits per heavy atom. The largest absolute Gasteiger partial charge is 0.461 e. The van der Waals surface area contributed by atoms with Gasteiger partial charge >= 0.3 is 0 Å². The summed E-state index contributed by atoms with van der Waals surface area (Å²) in [6, 6.07) is 9.17. The molecule has 0 bridgehead atoms. The fraction of sp³-hybridized carbons (Fsp3) is 0.368. The van der Waals surface area contributed by atoms with Gasteiger partial charge in [-0.25, -0.2) is 4.98 Å². The average molecular weight is 399 g/mol. The number of furan rings is 1. The molecule has 0 aromatic carbocycles. The van der Waals surface area contributed by atoms with Gasteiger partial charge in [0.1, 0.15) is 5.82 Å². The molecular weight excluding hydrogens is 378 g/mol. The van der Waals surface area contributed by atoms with Crippen LogP contribution in [0.15, 0.2) is 46.2 Å². The third-order valence-electron chi connectivity index (χ3n) is 4.36. The number of hydrogen-bond donors (Lipinski definition) is 1. The van der Waals surface area contributed by atoms with Crippen molar-refractivity contribution in [3.05, 3.63) is 42.3 Å². The molecule has 1 amide bonds. The van der Waals surface area contributed by atoms with E-state index in [1.165, 1.54) is 11.8 Å². The second kappa shape index (κ2) is 8.57. The highest BCUT2D eigenvalue weighted by molar-refractivity contribution is 7.99. The molecule has 1 saturated heterocycles. The van der Waals surface area contributed by atoms with Crippen molar-refractivity contribution in [1.82, 2.24) is 19.7 Å². The molecule has 3 aromatic rings. The number of thioether (sulfide) groups is 1. The number of carbonyl (C=O) groups excluding carboxylic acids is 1. The monoisotopic (exact) mass is 399 g/mol. The number of ether oxygens (including phenoxy) is 1. The fourth-order valence-corrected chi connectivity index (χ4v) is 3.81. The van der Waals surface area contributed by atoms with E-state index in [1.807, 2.05) is 35.8 Å². The van der Waals surface area contributed by atoms with Crippen LogP contribution in [0.25, 0.3) is 11.6 Å². The zero-order valence-electron chi connectivity index (χ0n) is 15.5. The number of anilines is 1. The first-order valence-corrected chi connectivity index (χ1v) is 10.1. The molecule has 9 heteroatoms. The molecule has 1 N–H and O–H groups in total. The third-order valence-corrected chi connectivity index (χ3v) is 5.32. The zero-order chi connectivity index (χ0) is 19.3. The first-order valence-electron chi connectivity index (χ1n) is 9.14. The van der Waals surface area contributed by atoms with Crippen molar-refractivity contribution in [2.24, 2.45) is 0 Å². The number of nitrogens with zero attached hydrogens (tertiary/aromatic N) is 4. The zero-order valence-corrected chi connectivity index (χ0v) is 16.3. The van der Waals surface area contributed by atoms with E-state index in [0.717, 1.165) is 25.1 Å². The molecule has 1 aliphatic rings. The summed E-state index contributed by atoms with van der Waals surface area (Å²) in [5.41, 5.74) is 0.852. The molecule has 0 radical (unpaired) electrons. The van der Waals surface area contributed by atoms with E-state index in [1.54, 1.807) is 12.3 Å². The average Bonchev–Trinajstić information content (AvgIpc) is 3.43. The molecule has 0 saturated carbocycles. The summed E-state index contributed by atoms with van der Waals surface area (Å²) in [7, 11) is 0. The van der Waals surface area contributed by atoms with E-state index in [4.69, 9.17) is 9.15 Å². The predicted molar refractivity (Wildman–Crippen MR) is 105 cm³/mol. The van der Waals surface area contributed by atoms with E-state index < -0.39 is 0 Å². The van der Waals surface area contributed by atoms with E-state index >= 15 is 0 Å². The Kier molecular flexibility index (Phi) is 5.73. The summed E-state index contributed by atoms with van der Waals surface area (Å²) >= 11 is 1.33. The van der Waals surface area contributed by atoms with Gasteiger partial charge in [0.25, 0.3) is 0 Å². The lowest BCUT2D eigenvalue weighted by atomic mass is 10.2. The van der Waals surface area contributed by atoms with E-state index in [0.29, 0.717) is 29.1 Å². The van der Waals surface area contributed by atoms with Crippen molar-refractivity contribution < 1.29 is 13.9 Å². The first-order chi connectivity index (χ1) is 13.7. The van der Waals surface area contributed by atoms with Gasteiger partial charge in [-0.15, -0.1) is 10.2 Å². The molecule has 0 spiro atoms. The number of rotatable bonds is 7. The molecule has 0 aliphatic carbocycles. The van der Waals surface area contributed by atoms with Crippen molar-refractivity contribution >= 4 is 23.5 Å². The minimum atomic E-state index is -0.144. The summed E-state index contributed by atoms with van der Waals surface area (Å²) in [6.45, 7) is 3.29. The van der Waals surface area contributed by atoms with Crippen LogP contribution >= 0.6 is 11.8 Å². The summed E-state index contributed by atoms with van der Waals surface area (Å²) in [4.78, 5) is 16.6. The number of carbonyl (C=O) groups is 1. The maximum atomic E-state index is 12.3. The van der Waals surface area contributed by atoms with Gasteiger partial charge in [-0.3, -0.25) is 9.36 Å². The Labute approximate surface area is 166 Å².